The third-order valence-electron chi connectivity index (χ3n) is 8.55. The third-order valence-corrected chi connectivity index (χ3v) is 8.55. The Kier molecular flexibility index (Phi) is 11.7. The molecule has 0 aliphatic carbocycles. The lowest BCUT2D eigenvalue weighted by Crippen LogP contribution is -1.95. The zero-order valence-electron chi connectivity index (χ0n) is 30.7. The van der Waals surface area contributed by atoms with E-state index in [1.165, 1.54) is 0 Å². The predicted octanol–water partition coefficient (Wildman–Crippen LogP) is 10.4. The van der Waals surface area contributed by atoms with Crippen molar-refractivity contribution >= 4 is 0 Å². The van der Waals surface area contributed by atoms with Crippen LogP contribution in [0.25, 0.3) is 68.7 Å². The number of hydrogen-bond acceptors (Lipinski definition) is 12. The van der Waals surface area contributed by atoms with Crippen molar-refractivity contribution in [2.45, 2.75) is 59.3 Å². The molecule has 0 N–H and O–H groups in total. The first-order valence-corrected chi connectivity index (χ1v) is 18.5. The highest BCUT2D eigenvalue weighted by Gasteiger charge is 2.20. The third kappa shape index (κ3) is 8.83. The van der Waals surface area contributed by atoms with Gasteiger partial charge in [0.25, 0.3) is 0 Å². The van der Waals surface area contributed by atoms with Gasteiger partial charge in [-0.05, 0) is 110 Å². The molecular weight excluding hydrogens is 684 g/mol. The van der Waals surface area contributed by atoms with Crippen LogP contribution in [0.15, 0.2) is 104 Å². The molecular formula is C42H42N6O6. The molecule has 276 valence electrons. The van der Waals surface area contributed by atoms with Crippen molar-refractivity contribution in [3.8, 4) is 86.0 Å². The second kappa shape index (κ2) is 17.5. The van der Waals surface area contributed by atoms with Gasteiger partial charge in [-0.3, -0.25) is 0 Å². The van der Waals surface area contributed by atoms with E-state index in [9.17, 15) is 0 Å². The van der Waals surface area contributed by atoms with E-state index in [1.807, 2.05) is 91.0 Å². The number of hydrogen-bond donors (Lipinski definition) is 0. The van der Waals surface area contributed by atoms with E-state index in [-0.39, 0.29) is 17.7 Å². The molecule has 0 fully saturated rings. The summed E-state index contributed by atoms with van der Waals surface area (Å²) in [7, 11) is 0. The molecule has 0 aliphatic rings. The van der Waals surface area contributed by atoms with E-state index in [1.54, 1.807) is 0 Å². The van der Waals surface area contributed by atoms with Crippen LogP contribution in [0.5, 0.6) is 17.2 Å². The fraction of sp³-hybridized carbons (Fsp3) is 0.286. The predicted molar refractivity (Wildman–Crippen MR) is 204 cm³/mol. The first kappa shape index (κ1) is 36.1. The average molecular weight is 727 g/mol. The molecule has 0 bridgehead atoms. The summed E-state index contributed by atoms with van der Waals surface area (Å²) < 4.78 is 36.0. The molecule has 0 aliphatic heterocycles. The van der Waals surface area contributed by atoms with Crippen molar-refractivity contribution in [2.24, 2.45) is 0 Å². The van der Waals surface area contributed by atoms with Crippen molar-refractivity contribution in [1.29, 1.82) is 0 Å². The average Bonchev–Trinajstić information content (AvgIpc) is 4.02. The van der Waals surface area contributed by atoms with Crippen LogP contribution in [-0.2, 0) is 0 Å². The van der Waals surface area contributed by atoms with Crippen molar-refractivity contribution in [1.82, 2.24) is 30.6 Å². The number of ether oxygens (including phenoxy) is 3. The Bertz CT molecular complexity index is 1960. The van der Waals surface area contributed by atoms with Gasteiger partial charge >= 0.3 is 0 Å². The van der Waals surface area contributed by atoms with Crippen LogP contribution >= 0.6 is 0 Å². The molecule has 4 aromatic carbocycles. The molecule has 12 heteroatoms. The Morgan fingerprint density at radius 2 is 0.593 bits per heavy atom. The van der Waals surface area contributed by atoms with E-state index in [0.717, 1.165) is 72.5 Å². The Hall–Kier alpha value is -6.30. The van der Waals surface area contributed by atoms with Crippen LogP contribution in [-0.4, -0.2) is 50.4 Å². The van der Waals surface area contributed by atoms with Crippen LogP contribution in [0.3, 0.4) is 0 Å². The Morgan fingerprint density at radius 1 is 0.352 bits per heavy atom. The summed E-state index contributed by atoms with van der Waals surface area (Å²) in [5.74, 6) is 4.30. The zero-order chi connectivity index (χ0) is 37.1. The van der Waals surface area contributed by atoms with Gasteiger partial charge in [0.15, 0.2) is 0 Å². The second-order valence-corrected chi connectivity index (χ2v) is 12.7. The van der Waals surface area contributed by atoms with Gasteiger partial charge in [-0.25, -0.2) is 0 Å². The number of aromatic nitrogens is 6. The molecule has 0 atom stereocenters. The van der Waals surface area contributed by atoms with Gasteiger partial charge in [-0.1, -0.05) is 40.0 Å². The quantitative estimate of drug-likeness (QED) is 0.0776. The first-order chi connectivity index (χ1) is 26.6. The Balaban J connectivity index is 1.18. The SMILES string of the molecule is CCCCOc1ccc(-c2nnc(-c3cc(-c4nnc(-c5ccc(OCCCC)cc5)o4)cc(-c4nnc(-c5ccc(OCCCC)cc5)o4)c3)o2)cc1. The highest BCUT2D eigenvalue weighted by atomic mass is 16.5. The molecule has 3 heterocycles. The zero-order valence-corrected chi connectivity index (χ0v) is 30.7. The molecule has 0 unspecified atom stereocenters. The molecule has 12 nitrogen and oxygen atoms in total. The van der Waals surface area contributed by atoms with E-state index < -0.39 is 0 Å². The lowest BCUT2D eigenvalue weighted by Gasteiger charge is -2.05. The number of benzene rings is 4. The number of rotatable bonds is 18. The lowest BCUT2D eigenvalue weighted by atomic mass is 10.1. The van der Waals surface area contributed by atoms with Gasteiger partial charge in [-0.15, -0.1) is 30.6 Å². The van der Waals surface area contributed by atoms with Gasteiger partial charge in [0.2, 0.25) is 35.3 Å². The van der Waals surface area contributed by atoms with Crippen molar-refractivity contribution in [3.05, 3.63) is 91.0 Å². The summed E-state index contributed by atoms with van der Waals surface area (Å²) in [6.07, 6.45) is 6.19. The van der Waals surface area contributed by atoms with E-state index in [2.05, 4.69) is 51.4 Å². The van der Waals surface area contributed by atoms with E-state index in [4.69, 9.17) is 27.5 Å². The molecule has 0 saturated carbocycles. The van der Waals surface area contributed by atoms with Crippen LogP contribution in [0.4, 0.5) is 0 Å². The fourth-order valence-electron chi connectivity index (χ4n) is 5.45. The lowest BCUT2D eigenvalue weighted by molar-refractivity contribution is 0.309. The summed E-state index contributed by atoms with van der Waals surface area (Å²) in [6, 6.07) is 28.3. The largest absolute Gasteiger partial charge is 0.494 e. The van der Waals surface area contributed by atoms with E-state index >= 15 is 0 Å². The molecule has 0 amide bonds. The normalized spacial score (nSPS) is 11.2. The molecule has 7 aromatic rings. The van der Waals surface area contributed by atoms with Gasteiger partial charge in [0.1, 0.15) is 17.2 Å². The Labute approximate surface area is 313 Å². The maximum Gasteiger partial charge on any atom is 0.248 e. The summed E-state index contributed by atoms with van der Waals surface area (Å²) in [6.45, 7) is 8.40. The first-order valence-electron chi connectivity index (χ1n) is 18.5. The number of unbranched alkanes of at least 4 members (excludes halogenated alkanes) is 3. The maximum absolute atomic E-state index is 6.20. The second-order valence-electron chi connectivity index (χ2n) is 12.7. The van der Waals surface area contributed by atoms with Crippen LogP contribution < -0.4 is 14.2 Å². The van der Waals surface area contributed by atoms with Gasteiger partial charge in [0.05, 0.1) is 19.8 Å². The summed E-state index contributed by atoms with van der Waals surface area (Å²) >= 11 is 0. The molecule has 0 saturated heterocycles. The van der Waals surface area contributed by atoms with Crippen LogP contribution in [0.1, 0.15) is 59.3 Å². The van der Waals surface area contributed by atoms with Gasteiger partial charge in [-0.2, -0.15) is 0 Å². The van der Waals surface area contributed by atoms with Crippen LogP contribution in [0.2, 0.25) is 0 Å². The summed E-state index contributed by atoms with van der Waals surface area (Å²) in [4.78, 5) is 0. The topological polar surface area (TPSA) is 144 Å². The molecule has 0 spiro atoms. The highest BCUT2D eigenvalue weighted by Crippen LogP contribution is 2.35. The smallest absolute Gasteiger partial charge is 0.248 e. The summed E-state index contributed by atoms with van der Waals surface area (Å²) in [5.41, 5.74) is 4.09. The van der Waals surface area contributed by atoms with Gasteiger partial charge < -0.3 is 27.5 Å². The molecule has 3 aromatic heterocycles. The molecule has 54 heavy (non-hydrogen) atoms. The Morgan fingerprint density at radius 3 is 0.833 bits per heavy atom. The minimum Gasteiger partial charge on any atom is -0.494 e. The summed E-state index contributed by atoms with van der Waals surface area (Å²) in [5, 5.41) is 26.2. The minimum atomic E-state index is 0.285. The van der Waals surface area contributed by atoms with Crippen molar-refractivity contribution < 1.29 is 27.5 Å². The number of nitrogens with zero attached hydrogens (tertiary/aromatic N) is 6. The van der Waals surface area contributed by atoms with Crippen molar-refractivity contribution in [2.75, 3.05) is 19.8 Å². The van der Waals surface area contributed by atoms with Crippen molar-refractivity contribution in [3.63, 3.8) is 0 Å². The van der Waals surface area contributed by atoms with Crippen LogP contribution in [0, 0.1) is 0 Å². The van der Waals surface area contributed by atoms with Gasteiger partial charge in [0, 0.05) is 33.4 Å². The fourth-order valence-corrected chi connectivity index (χ4v) is 5.45. The highest BCUT2D eigenvalue weighted by molar-refractivity contribution is 5.74. The minimum absolute atomic E-state index is 0.285. The maximum atomic E-state index is 6.20. The standard InChI is InChI=1S/C42H42N6O6/c1-4-7-22-49-34-16-10-28(11-17-34)37-43-46-40(52-37)31-25-32(41-47-44-38(53-41)29-12-18-35(19-13-29)50-23-8-5-2)27-33(26-31)42-48-45-39(54-42)30-14-20-36(21-15-30)51-24-9-6-3/h10-21,25-27H,4-9,22-24H2,1-3H3. The molecule has 7 rings (SSSR count). The molecule has 0 radical (unpaired) electrons. The monoisotopic (exact) mass is 726 g/mol. The van der Waals surface area contributed by atoms with E-state index in [0.29, 0.717) is 54.2 Å².